The molecule has 1 aliphatic rings. The van der Waals surface area contributed by atoms with Gasteiger partial charge in [0.2, 0.25) is 0 Å². The van der Waals surface area contributed by atoms with E-state index >= 15 is 0 Å². The van der Waals surface area contributed by atoms with Crippen molar-refractivity contribution in [3.05, 3.63) is 29.8 Å². The fourth-order valence-corrected chi connectivity index (χ4v) is 1.99. The molecule has 0 bridgehead atoms. The van der Waals surface area contributed by atoms with Crippen LogP contribution in [0.25, 0.3) is 0 Å². The molecule has 0 saturated heterocycles. The Labute approximate surface area is 109 Å². The zero-order valence-corrected chi connectivity index (χ0v) is 11.3. The maximum absolute atomic E-state index is 12.1. The number of amides is 1. The summed E-state index contributed by atoms with van der Waals surface area (Å²) in [6.07, 6.45) is 3.65. The third-order valence-electron chi connectivity index (χ3n) is 3.29. The van der Waals surface area contributed by atoms with Crippen molar-refractivity contribution < 1.29 is 4.79 Å². The van der Waals surface area contributed by atoms with Gasteiger partial charge in [-0.2, -0.15) is 0 Å². The van der Waals surface area contributed by atoms with Gasteiger partial charge in [0.1, 0.15) is 0 Å². The minimum Gasteiger partial charge on any atom is -0.385 e. The summed E-state index contributed by atoms with van der Waals surface area (Å²) in [5, 5.41) is 3.31. The predicted molar refractivity (Wildman–Crippen MR) is 74.9 cm³/mol. The van der Waals surface area contributed by atoms with E-state index in [9.17, 15) is 4.79 Å². The number of hydrogen-bond acceptors (Lipinski definition) is 2. The largest absolute Gasteiger partial charge is 0.385 e. The summed E-state index contributed by atoms with van der Waals surface area (Å²) in [6.45, 7) is 4.00. The molecule has 3 nitrogen and oxygen atoms in total. The van der Waals surface area contributed by atoms with Crippen molar-refractivity contribution in [3.63, 3.8) is 0 Å². The molecule has 0 unspecified atom stereocenters. The third kappa shape index (κ3) is 3.49. The van der Waals surface area contributed by atoms with E-state index in [1.165, 1.54) is 12.8 Å². The SMILES string of the molecule is CCCNc1ccc(C(=O)N(C)CC2CC2)cc1. The van der Waals surface area contributed by atoms with Crippen molar-refractivity contribution in [3.8, 4) is 0 Å². The van der Waals surface area contributed by atoms with Crippen LogP contribution >= 0.6 is 0 Å². The van der Waals surface area contributed by atoms with Crippen molar-refractivity contribution in [2.24, 2.45) is 5.92 Å². The number of rotatable bonds is 6. The van der Waals surface area contributed by atoms with Gasteiger partial charge in [0.25, 0.3) is 5.91 Å². The number of carbonyl (C=O) groups excluding carboxylic acids is 1. The van der Waals surface area contributed by atoms with Gasteiger partial charge in [-0.1, -0.05) is 6.92 Å². The molecule has 0 heterocycles. The number of anilines is 1. The first kappa shape index (κ1) is 12.9. The summed E-state index contributed by atoms with van der Waals surface area (Å²) >= 11 is 0. The number of benzene rings is 1. The van der Waals surface area contributed by atoms with Gasteiger partial charge in [-0.3, -0.25) is 4.79 Å². The van der Waals surface area contributed by atoms with Crippen LogP contribution in [0.3, 0.4) is 0 Å². The molecule has 1 N–H and O–H groups in total. The Morgan fingerprint density at radius 2 is 2.00 bits per heavy atom. The second kappa shape index (κ2) is 5.89. The highest BCUT2D eigenvalue weighted by Gasteiger charge is 2.25. The summed E-state index contributed by atoms with van der Waals surface area (Å²) < 4.78 is 0. The van der Waals surface area contributed by atoms with E-state index in [-0.39, 0.29) is 5.91 Å². The molecule has 98 valence electrons. The average molecular weight is 246 g/mol. The lowest BCUT2D eigenvalue weighted by Crippen LogP contribution is -2.28. The Morgan fingerprint density at radius 3 is 2.56 bits per heavy atom. The first-order valence-corrected chi connectivity index (χ1v) is 6.80. The number of carbonyl (C=O) groups is 1. The van der Waals surface area contributed by atoms with E-state index < -0.39 is 0 Å². The van der Waals surface area contributed by atoms with Crippen LogP contribution in [0.5, 0.6) is 0 Å². The van der Waals surface area contributed by atoms with Crippen LogP contribution in [-0.2, 0) is 0 Å². The number of nitrogens with one attached hydrogen (secondary N) is 1. The topological polar surface area (TPSA) is 32.3 Å². The lowest BCUT2D eigenvalue weighted by molar-refractivity contribution is 0.0788. The summed E-state index contributed by atoms with van der Waals surface area (Å²) in [6, 6.07) is 7.77. The molecule has 1 fully saturated rings. The maximum Gasteiger partial charge on any atom is 0.253 e. The highest BCUT2D eigenvalue weighted by molar-refractivity contribution is 5.94. The van der Waals surface area contributed by atoms with Gasteiger partial charge in [0.05, 0.1) is 0 Å². The summed E-state index contributed by atoms with van der Waals surface area (Å²) in [5.41, 5.74) is 1.86. The molecular weight excluding hydrogens is 224 g/mol. The van der Waals surface area contributed by atoms with Crippen molar-refractivity contribution in [2.45, 2.75) is 26.2 Å². The van der Waals surface area contributed by atoms with E-state index in [0.29, 0.717) is 0 Å². The first-order chi connectivity index (χ1) is 8.70. The van der Waals surface area contributed by atoms with Crippen LogP contribution in [0.1, 0.15) is 36.5 Å². The molecule has 1 aliphatic carbocycles. The van der Waals surface area contributed by atoms with Crippen LogP contribution in [0.4, 0.5) is 5.69 Å². The monoisotopic (exact) mass is 246 g/mol. The van der Waals surface area contributed by atoms with Crippen molar-refractivity contribution in [2.75, 3.05) is 25.5 Å². The van der Waals surface area contributed by atoms with E-state index in [0.717, 1.165) is 36.7 Å². The Hall–Kier alpha value is -1.51. The summed E-state index contributed by atoms with van der Waals surface area (Å²) in [7, 11) is 1.89. The Morgan fingerprint density at radius 1 is 1.33 bits per heavy atom. The van der Waals surface area contributed by atoms with Gasteiger partial charge in [0, 0.05) is 31.4 Å². The molecule has 3 heteroatoms. The lowest BCUT2D eigenvalue weighted by atomic mass is 10.1. The molecule has 0 aliphatic heterocycles. The van der Waals surface area contributed by atoms with E-state index in [2.05, 4.69) is 12.2 Å². The van der Waals surface area contributed by atoms with Gasteiger partial charge in [-0.25, -0.2) is 0 Å². The zero-order valence-electron chi connectivity index (χ0n) is 11.3. The Balaban J connectivity index is 1.92. The summed E-state index contributed by atoms with van der Waals surface area (Å²) in [5.74, 6) is 0.869. The minimum atomic E-state index is 0.129. The maximum atomic E-state index is 12.1. The van der Waals surface area contributed by atoms with Crippen LogP contribution in [0.15, 0.2) is 24.3 Å². The molecule has 0 atom stereocenters. The molecule has 18 heavy (non-hydrogen) atoms. The highest BCUT2D eigenvalue weighted by atomic mass is 16.2. The lowest BCUT2D eigenvalue weighted by Gasteiger charge is -2.17. The normalized spacial score (nSPS) is 14.3. The molecule has 1 aromatic rings. The van der Waals surface area contributed by atoms with Crippen molar-refractivity contribution in [1.29, 1.82) is 0 Å². The van der Waals surface area contributed by atoms with Crippen LogP contribution in [0.2, 0.25) is 0 Å². The molecule has 0 aromatic heterocycles. The molecule has 1 amide bonds. The zero-order chi connectivity index (χ0) is 13.0. The van der Waals surface area contributed by atoms with Crippen molar-refractivity contribution in [1.82, 2.24) is 4.90 Å². The molecule has 2 rings (SSSR count). The molecular formula is C15H22N2O. The van der Waals surface area contributed by atoms with Gasteiger partial charge in [-0.05, 0) is 49.4 Å². The van der Waals surface area contributed by atoms with Crippen molar-refractivity contribution >= 4 is 11.6 Å². The van der Waals surface area contributed by atoms with Gasteiger partial charge in [-0.15, -0.1) is 0 Å². The molecule has 1 aromatic carbocycles. The number of nitrogens with zero attached hydrogens (tertiary/aromatic N) is 1. The Bertz CT molecular complexity index is 395. The first-order valence-electron chi connectivity index (χ1n) is 6.80. The quantitative estimate of drug-likeness (QED) is 0.837. The fraction of sp³-hybridized carbons (Fsp3) is 0.533. The highest BCUT2D eigenvalue weighted by Crippen LogP contribution is 2.29. The standard InChI is InChI=1S/C15H22N2O/c1-3-10-16-14-8-6-13(7-9-14)15(18)17(2)11-12-4-5-12/h6-9,12,16H,3-5,10-11H2,1-2H3. The summed E-state index contributed by atoms with van der Waals surface area (Å²) in [4.78, 5) is 14.0. The van der Waals surface area contributed by atoms with E-state index in [1.807, 2.05) is 36.2 Å². The fourth-order valence-electron chi connectivity index (χ4n) is 1.99. The minimum absolute atomic E-state index is 0.129. The second-order valence-corrected chi connectivity index (χ2v) is 5.13. The van der Waals surface area contributed by atoms with Crippen LogP contribution < -0.4 is 5.32 Å². The smallest absolute Gasteiger partial charge is 0.253 e. The third-order valence-corrected chi connectivity index (χ3v) is 3.29. The van der Waals surface area contributed by atoms with Crippen LogP contribution in [-0.4, -0.2) is 30.9 Å². The number of hydrogen-bond donors (Lipinski definition) is 1. The molecule has 0 radical (unpaired) electrons. The van der Waals surface area contributed by atoms with Crippen LogP contribution in [0, 0.1) is 5.92 Å². The van der Waals surface area contributed by atoms with E-state index in [4.69, 9.17) is 0 Å². The second-order valence-electron chi connectivity index (χ2n) is 5.13. The molecule has 0 spiro atoms. The van der Waals surface area contributed by atoms with Gasteiger partial charge >= 0.3 is 0 Å². The van der Waals surface area contributed by atoms with Gasteiger partial charge in [0.15, 0.2) is 0 Å². The average Bonchev–Trinajstić information content (AvgIpc) is 3.20. The molecule has 1 saturated carbocycles. The predicted octanol–water partition coefficient (Wildman–Crippen LogP) is 2.99. The van der Waals surface area contributed by atoms with Gasteiger partial charge < -0.3 is 10.2 Å². The van der Waals surface area contributed by atoms with E-state index in [1.54, 1.807) is 0 Å². The Kier molecular flexibility index (Phi) is 4.24.